The van der Waals surface area contributed by atoms with Crippen LogP contribution in [-0.4, -0.2) is 38.1 Å². The van der Waals surface area contributed by atoms with Crippen molar-refractivity contribution in [1.82, 2.24) is 0 Å². The molecule has 0 saturated carbocycles. The van der Waals surface area contributed by atoms with Gasteiger partial charge >= 0.3 is 0 Å². The third-order valence-corrected chi connectivity index (χ3v) is 3.41. The number of rotatable bonds is 7. The lowest BCUT2D eigenvalue weighted by Gasteiger charge is -2.22. The summed E-state index contributed by atoms with van der Waals surface area (Å²) in [6.45, 7) is 3.23. The Morgan fingerprint density at radius 1 is 1.28 bits per heavy atom. The lowest BCUT2D eigenvalue weighted by atomic mass is 10.2. The molecule has 0 heterocycles. The van der Waals surface area contributed by atoms with Crippen molar-refractivity contribution in [2.45, 2.75) is 13.3 Å². The molecule has 0 fully saturated rings. The molecule has 18 heavy (non-hydrogen) atoms. The summed E-state index contributed by atoms with van der Waals surface area (Å²) in [5.41, 5.74) is 1.53. The Kier molecular flexibility index (Phi) is 5.30. The summed E-state index contributed by atoms with van der Waals surface area (Å²) in [4.78, 5) is 12.5. The second-order valence-corrected chi connectivity index (χ2v) is 5.50. The van der Waals surface area contributed by atoms with Crippen molar-refractivity contribution in [2.75, 3.05) is 23.7 Å². The van der Waals surface area contributed by atoms with Gasteiger partial charge in [0.05, 0.1) is 5.75 Å². The highest BCUT2D eigenvalue weighted by Crippen LogP contribution is 2.14. The second kappa shape index (κ2) is 6.51. The number of anilines is 1. The van der Waals surface area contributed by atoms with Gasteiger partial charge in [-0.2, -0.15) is 8.42 Å². The molecule has 1 aromatic carbocycles. The molecule has 5 nitrogen and oxygen atoms in total. The summed E-state index contributed by atoms with van der Waals surface area (Å²) in [5, 5.41) is 0. The van der Waals surface area contributed by atoms with Crippen molar-refractivity contribution in [3.8, 4) is 0 Å². The Bertz CT molecular complexity index is 481. The molecular formula is C12H17NO4S. The Hall–Kier alpha value is -1.40. The first-order valence-corrected chi connectivity index (χ1v) is 7.32. The fraction of sp³-hybridized carbons (Fsp3) is 0.417. The summed E-state index contributed by atoms with van der Waals surface area (Å²) in [7, 11) is -3.89. The predicted molar refractivity (Wildman–Crippen MR) is 70.7 cm³/mol. The first-order valence-electron chi connectivity index (χ1n) is 5.71. The summed E-state index contributed by atoms with van der Waals surface area (Å²) in [5.74, 6) is -0.240. The Labute approximate surface area is 107 Å². The Balaban J connectivity index is 2.62. The van der Waals surface area contributed by atoms with Crippen LogP contribution in [0.15, 0.2) is 24.3 Å². The number of hydrogen-bond donors (Lipinski definition) is 1. The molecule has 0 aliphatic heterocycles. The van der Waals surface area contributed by atoms with E-state index in [-0.39, 0.29) is 5.75 Å². The van der Waals surface area contributed by atoms with Gasteiger partial charge in [0.15, 0.2) is 0 Å². The number of benzene rings is 1. The molecular weight excluding hydrogens is 254 g/mol. The summed E-state index contributed by atoms with van der Waals surface area (Å²) >= 11 is 0. The van der Waals surface area contributed by atoms with Gasteiger partial charge in [-0.05, 0) is 37.6 Å². The maximum atomic E-state index is 10.6. The van der Waals surface area contributed by atoms with E-state index in [4.69, 9.17) is 4.55 Å². The third-order valence-electron chi connectivity index (χ3n) is 2.61. The number of aldehydes is 1. The van der Waals surface area contributed by atoms with E-state index in [9.17, 15) is 13.2 Å². The third kappa shape index (κ3) is 4.85. The average Bonchev–Trinajstić information content (AvgIpc) is 2.34. The fourth-order valence-electron chi connectivity index (χ4n) is 1.67. The number of carbonyl (C=O) groups is 1. The molecule has 1 aromatic rings. The topological polar surface area (TPSA) is 74.7 Å². The highest BCUT2D eigenvalue weighted by Gasteiger charge is 2.08. The quantitative estimate of drug-likeness (QED) is 0.602. The van der Waals surface area contributed by atoms with Crippen LogP contribution in [0.2, 0.25) is 0 Å². The van der Waals surface area contributed by atoms with E-state index in [0.29, 0.717) is 18.5 Å². The monoisotopic (exact) mass is 271 g/mol. The minimum atomic E-state index is -3.89. The van der Waals surface area contributed by atoms with Gasteiger partial charge in [0, 0.05) is 24.3 Å². The van der Waals surface area contributed by atoms with Crippen LogP contribution in [0.3, 0.4) is 0 Å². The van der Waals surface area contributed by atoms with Gasteiger partial charge in [0.2, 0.25) is 0 Å². The van der Waals surface area contributed by atoms with Crippen molar-refractivity contribution in [3.05, 3.63) is 29.8 Å². The summed E-state index contributed by atoms with van der Waals surface area (Å²) in [6.07, 6.45) is 1.14. The molecule has 0 bridgehead atoms. The van der Waals surface area contributed by atoms with E-state index in [1.807, 2.05) is 24.0 Å². The highest BCUT2D eigenvalue weighted by atomic mass is 32.2. The summed E-state index contributed by atoms with van der Waals surface area (Å²) < 4.78 is 29.9. The van der Waals surface area contributed by atoms with E-state index < -0.39 is 10.1 Å². The van der Waals surface area contributed by atoms with Crippen molar-refractivity contribution in [2.24, 2.45) is 0 Å². The normalized spacial score (nSPS) is 11.2. The van der Waals surface area contributed by atoms with E-state index in [1.54, 1.807) is 12.1 Å². The van der Waals surface area contributed by atoms with E-state index in [0.717, 1.165) is 18.5 Å². The molecule has 0 spiro atoms. The SMILES string of the molecule is CCN(CCCS(=O)(=O)O)c1ccc(C=O)cc1. The molecule has 0 aliphatic rings. The smallest absolute Gasteiger partial charge is 0.264 e. The number of carbonyl (C=O) groups excluding carboxylic acids is 1. The zero-order valence-electron chi connectivity index (χ0n) is 10.2. The molecule has 1 rings (SSSR count). The minimum Gasteiger partial charge on any atom is -0.372 e. The van der Waals surface area contributed by atoms with Crippen LogP contribution in [0.4, 0.5) is 5.69 Å². The van der Waals surface area contributed by atoms with Gasteiger partial charge in [-0.3, -0.25) is 9.35 Å². The van der Waals surface area contributed by atoms with Crippen LogP contribution in [0.25, 0.3) is 0 Å². The standard InChI is InChI=1S/C12H17NO4S/c1-2-13(8-3-9-18(15,16)17)12-6-4-11(10-14)5-7-12/h4-7,10H,2-3,8-9H2,1H3,(H,15,16,17). The summed E-state index contributed by atoms with van der Waals surface area (Å²) in [6, 6.07) is 7.07. The van der Waals surface area contributed by atoms with Gasteiger partial charge in [-0.25, -0.2) is 0 Å². The molecule has 0 aliphatic carbocycles. The van der Waals surface area contributed by atoms with E-state index >= 15 is 0 Å². The maximum Gasteiger partial charge on any atom is 0.264 e. The molecule has 0 aromatic heterocycles. The van der Waals surface area contributed by atoms with E-state index in [1.165, 1.54) is 0 Å². The molecule has 1 N–H and O–H groups in total. The van der Waals surface area contributed by atoms with Gasteiger partial charge in [0.25, 0.3) is 10.1 Å². The zero-order chi connectivity index (χ0) is 13.6. The van der Waals surface area contributed by atoms with Crippen LogP contribution < -0.4 is 4.90 Å². The van der Waals surface area contributed by atoms with Crippen LogP contribution in [0.1, 0.15) is 23.7 Å². The predicted octanol–water partition coefficient (Wildman–Crippen LogP) is 1.60. The first-order chi connectivity index (χ1) is 8.46. The molecule has 0 atom stereocenters. The zero-order valence-corrected chi connectivity index (χ0v) is 11.1. The number of nitrogens with zero attached hydrogens (tertiary/aromatic N) is 1. The molecule has 0 unspecified atom stereocenters. The molecule has 0 saturated heterocycles. The van der Waals surface area contributed by atoms with Gasteiger partial charge in [0.1, 0.15) is 6.29 Å². The Morgan fingerprint density at radius 2 is 1.89 bits per heavy atom. The Morgan fingerprint density at radius 3 is 2.33 bits per heavy atom. The molecule has 6 heteroatoms. The van der Waals surface area contributed by atoms with Gasteiger partial charge < -0.3 is 4.90 Å². The van der Waals surface area contributed by atoms with Crippen molar-refractivity contribution < 1.29 is 17.8 Å². The lowest BCUT2D eigenvalue weighted by molar-refractivity contribution is 0.112. The molecule has 0 amide bonds. The van der Waals surface area contributed by atoms with Crippen LogP contribution >= 0.6 is 0 Å². The number of hydrogen-bond acceptors (Lipinski definition) is 4. The second-order valence-electron chi connectivity index (χ2n) is 3.93. The van der Waals surface area contributed by atoms with Crippen molar-refractivity contribution >= 4 is 22.1 Å². The molecule has 100 valence electrons. The van der Waals surface area contributed by atoms with Crippen molar-refractivity contribution in [3.63, 3.8) is 0 Å². The highest BCUT2D eigenvalue weighted by molar-refractivity contribution is 7.85. The van der Waals surface area contributed by atoms with Crippen molar-refractivity contribution in [1.29, 1.82) is 0 Å². The average molecular weight is 271 g/mol. The maximum absolute atomic E-state index is 10.6. The van der Waals surface area contributed by atoms with Gasteiger partial charge in [-0.1, -0.05) is 0 Å². The largest absolute Gasteiger partial charge is 0.372 e. The van der Waals surface area contributed by atoms with Gasteiger partial charge in [-0.15, -0.1) is 0 Å². The van der Waals surface area contributed by atoms with E-state index in [2.05, 4.69) is 0 Å². The fourth-order valence-corrected chi connectivity index (χ4v) is 2.17. The van der Waals surface area contributed by atoms with Crippen LogP contribution in [-0.2, 0) is 10.1 Å². The lowest BCUT2D eigenvalue weighted by Crippen LogP contribution is -2.25. The van der Waals surface area contributed by atoms with Crippen LogP contribution in [0.5, 0.6) is 0 Å². The first kappa shape index (κ1) is 14.7. The molecule has 0 radical (unpaired) electrons. The van der Waals surface area contributed by atoms with Crippen LogP contribution in [0, 0.1) is 0 Å². The minimum absolute atomic E-state index is 0.240.